The van der Waals surface area contributed by atoms with Crippen LogP contribution in [0.4, 0.5) is 4.79 Å². The fourth-order valence-electron chi connectivity index (χ4n) is 2.79. The van der Waals surface area contributed by atoms with Gasteiger partial charge in [-0.15, -0.1) is 11.8 Å². The van der Waals surface area contributed by atoms with Crippen LogP contribution in [0.25, 0.3) is 22.4 Å². The molecule has 0 aliphatic carbocycles. The SMILES string of the molecule is CSc1ccc(-c2nc3cc(C4=NNC(=O)SC4C)ccc3[nH]2)cc1. The van der Waals surface area contributed by atoms with E-state index in [0.717, 1.165) is 33.7 Å². The summed E-state index contributed by atoms with van der Waals surface area (Å²) in [5, 5.41) is 4.11. The number of benzene rings is 2. The molecule has 1 aromatic heterocycles. The molecule has 1 unspecified atom stereocenters. The van der Waals surface area contributed by atoms with Crippen LogP contribution < -0.4 is 5.43 Å². The summed E-state index contributed by atoms with van der Waals surface area (Å²) in [6.07, 6.45) is 2.06. The Bertz CT molecular complexity index is 978. The maximum Gasteiger partial charge on any atom is 0.299 e. The number of imidazole rings is 1. The van der Waals surface area contributed by atoms with Crippen molar-refractivity contribution in [3.05, 3.63) is 48.0 Å². The second kappa shape index (κ2) is 6.57. The van der Waals surface area contributed by atoms with Gasteiger partial charge < -0.3 is 4.98 Å². The molecule has 4 rings (SSSR count). The number of hydrogen-bond acceptors (Lipinski definition) is 5. The van der Waals surface area contributed by atoms with E-state index in [1.807, 2.05) is 25.1 Å². The van der Waals surface area contributed by atoms with Crippen LogP contribution in [0.3, 0.4) is 0 Å². The highest BCUT2D eigenvalue weighted by Crippen LogP contribution is 2.26. The number of fused-ring (bicyclic) bond motifs is 1. The largest absolute Gasteiger partial charge is 0.338 e. The van der Waals surface area contributed by atoms with Crippen LogP contribution in [-0.2, 0) is 0 Å². The monoisotopic (exact) mass is 368 g/mol. The molecule has 1 atom stereocenters. The summed E-state index contributed by atoms with van der Waals surface area (Å²) >= 11 is 2.96. The molecule has 25 heavy (non-hydrogen) atoms. The molecule has 126 valence electrons. The molecular weight excluding hydrogens is 352 g/mol. The van der Waals surface area contributed by atoms with E-state index in [9.17, 15) is 4.79 Å². The number of thioether (sulfide) groups is 2. The third-order valence-electron chi connectivity index (χ3n) is 4.08. The average Bonchev–Trinajstić information content (AvgIpc) is 3.05. The van der Waals surface area contributed by atoms with Gasteiger partial charge in [0, 0.05) is 16.0 Å². The van der Waals surface area contributed by atoms with Gasteiger partial charge in [0.15, 0.2) is 0 Å². The van der Waals surface area contributed by atoms with Crippen LogP contribution in [0.2, 0.25) is 0 Å². The highest BCUT2D eigenvalue weighted by atomic mass is 32.2. The molecule has 0 bridgehead atoms. The first-order valence-electron chi connectivity index (χ1n) is 7.83. The van der Waals surface area contributed by atoms with Crippen LogP contribution >= 0.6 is 23.5 Å². The second-order valence-corrected chi connectivity index (χ2v) is 7.90. The lowest BCUT2D eigenvalue weighted by atomic mass is 10.1. The van der Waals surface area contributed by atoms with Gasteiger partial charge in [-0.05, 0) is 37.4 Å². The fraction of sp³-hybridized carbons (Fsp3) is 0.167. The standard InChI is InChI=1S/C18H16N4OS2/c1-10-16(21-22-18(23)25-10)12-5-8-14-15(9-12)20-17(19-14)11-3-6-13(24-2)7-4-11/h3-10H,1-2H3,(H,19,20)(H,22,23). The molecule has 1 aliphatic heterocycles. The molecule has 2 aromatic carbocycles. The number of H-pyrrole nitrogens is 1. The maximum absolute atomic E-state index is 11.4. The number of hydrogen-bond donors (Lipinski definition) is 2. The molecular formula is C18H16N4OS2. The van der Waals surface area contributed by atoms with Crippen molar-refractivity contribution in [2.75, 3.05) is 6.26 Å². The summed E-state index contributed by atoms with van der Waals surface area (Å²) < 4.78 is 0. The Labute approximate surface area is 153 Å². The van der Waals surface area contributed by atoms with Gasteiger partial charge >= 0.3 is 0 Å². The molecule has 2 heterocycles. The topological polar surface area (TPSA) is 70.1 Å². The van der Waals surface area contributed by atoms with Gasteiger partial charge in [0.25, 0.3) is 5.24 Å². The number of aromatic amines is 1. The first-order chi connectivity index (χ1) is 12.1. The second-order valence-electron chi connectivity index (χ2n) is 5.70. The summed E-state index contributed by atoms with van der Waals surface area (Å²) in [6, 6.07) is 14.4. The number of hydrazone groups is 1. The number of aromatic nitrogens is 2. The first-order valence-corrected chi connectivity index (χ1v) is 9.93. The maximum atomic E-state index is 11.4. The van der Waals surface area contributed by atoms with Crippen LogP contribution in [0.1, 0.15) is 12.5 Å². The normalized spacial score (nSPS) is 17.4. The van der Waals surface area contributed by atoms with E-state index in [1.54, 1.807) is 11.8 Å². The average molecular weight is 368 g/mol. The van der Waals surface area contributed by atoms with Crippen molar-refractivity contribution in [1.82, 2.24) is 15.4 Å². The number of carbonyl (C=O) groups excluding carboxylic acids is 1. The van der Waals surface area contributed by atoms with Crippen molar-refractivity contribution >= 4 is 45.5 Å². The van der Waals surface area contributed by atoms with Crippen molar-refractivity contribution in [3.8, 4) is 11.4 Å². The van der Waals surface area contributed by atoms with Crippen molar-refractivity contribution < 1.29 is 4.79 Å². The summed E-state index contributed by atoms with van der Waals surface area (Å²) in [7, 11) is 0. The Morgan fingerprint density at radius 3 is 2.60 bits per heavy atom. The fourth-order valence-corrected chi connectivity index (χ4v) is 3.92. The minimum absolute atomic E-state index is 0.0173. The van der Waals surface area contributed by atoms with Gasteiger partial charge in [0.1, 0.15) is 5.82 Å². The van der Waals surface area contributed by atoms with E-state index in [-0.39, 0.29) is 10.5 Å². The van der Waals surface area contributed by atoms with Crippen LogP contribution in [0.5, 0.6) is 0 Å². The van der Waals surface area contributed by atoms with E-state index in [1.165, 1.54) is 16.7 Å². The Balaban J connectivity index is 1.70. The van der Waals surface area contributed by atoms with Gasteiger partial charge in [-0.25, -0.2) is 10.4 Å². The smallest absolute Gasteiger partial charge is 0.299 e. The Hall–Kier alpha value is -2.25. The summed E-state index contributed by atoms with van der Waals surface area (Å²) in [5.41, 5.74) is 7.29. The van der Waals surface area contributed by atoms with E-state index in [4.69, 9.17) is 4.98 Å². The molecule has 2 N–H and O–H groups in total. The predicted molar refractivity (Wildman–Crippen MR) is 105 cm³/mol. The molecule has 5 nitrogen and oxygen atoms in total. The highest BCUT2D eigenvalue weighted by Gasteiger charge is 2.22. The van der Waals surface area contributed by atoms with E-state index in [2.05, 4.69) is 46.0 Å². The third kappa shape index (κ3) is 3.17. The molecule has 1 amide bonds. The molecule has 0 spiro atoms. The van der Waals surface area contributed by atoms with E-state index >= 15 is 0 Å². The molecule has 1 aliphatic rings. The van der Waals surface area contributed by atoms with Gasteiger partial charge in [-0.3, -0.25) is 4.79 Å². The van der Waals surface area contributed by atoms with Crippen LogP contribution in [-0.4, -0.2) is 32.4 Å². The number of amides is 1. The van der Waals surface area contributed by atoms with Crippen LogP contribution in [0, 0.1) is 0 Å². The van der Waals surface area contributed by atoms with Gasteiger partial charge in [0.2, 0.25) is 0 Å². The number of carbonyl (C=O) groups is 1. The predicted octanol–water partition coefficient (Wildman–Crippen LogP) is 4.50. The number of nitrogens with one attached hydrogen (secondary N) is 2. The molecule has 0 saturated carbocycles. The van der Waals surface area contributed by atoms with Crippen molar-refractivity contribution in [2.45, 2.75) is 17.1 Å². The molecule has 0 radical (unpaired) electrons. The third-order valence-corrected chi connectivity index (χ3v) is 5.70. The summed E-state index contributed by atoms with van der Waals surface area (Å²) in [6.45, 7) is 1.98. The minimum Gasteiger partial charge on any atom is -0.338 e. The Kier molecular flexibility index (Phi) is 4.27. The highest BCUT2D eigenvalue weighted by molar-refractivity contribution is 8.14. The lowest BCUT2D eigenvalue weighted by Gasteiger charge is -2.18. The zero-order chi connectivity index (χ0) is 17.4. The van der Waals surface area contributed by atoms with Crippen molar-refractivity contribution in [2.24, 2.45) is 5.10 Å². The molecule has 3 aromatic rings. The first kappa shape index (κ1) is 16.2. The molecule has 0 saturated heterocycles. The molecule has 7 heteroatoms. The Morgan fingerprint density at radius 1 is 1.12 bits per heavy atom. The van der Waals surface area contributed by atoms with E-state index < -0.39 is 0 Å². The summed E-state index contributed by atoms with van der Waals surface area (Å²) in [4.78, 5) is 20.7. The zero-order valence-electron chi connectivity index (χ0n) is 13.7. The van der Waals surface area contributed by atoms with Crippen molar-refractivity contribution in [3.63, 3.8) is 0 Å². The Morgan fingerprint density at radius 2 is 1.88 bits per heavy atom. The van der Waals surface area contributed by atoms with Crippen LogP contribution in [0.15, 0.2) is 52.5 Å². The minimum atomic E-state index is -0.118. The number of rotatable bonds is 3. The zero-order valence-corrected chi connectivity index (χ0v) is 15.4. The molecule has 0 fully saturated rings. The van der Waals surface area contributed by atoms with E-state index in [0.29, 0.717) is 0 Å². The van der Waals surface area contributed by atoms with Crippen molar-refractivity contribution in [1.29, 1.82) is 0 Å². The van der Waals surface area contributed by atoms with Gasteiger partial charge in [-0.2, -0.15) is 5.10 Å². The quantitative estimate of drug-likeness (QED) is 0.668. The lowest BCUT2D eigenvalue weighted by Crippen LogP contribution is -2.29. The van der Waals surface area contributed by atoms with Gasteiger partial charge in [0.05, 0.1) is 22.0 Å². The number of nitrogens with zero attached hydrogens (tertiary/aromatic N) is 2. The summed E-state index contributed by atoms with van der Waals surface area (Å²) in [5.74, 6) is 0.848. The van der Waals surface area contributed by atoms with Gasteiger partial charge in [-0.1, -0.05) is 30.0 Å². The lowest BCUT2D eigenvalue weighted by molar-refractivity contribution is 0.261.